The average Bonchev–Trinajstić information content (AvgIpc) is 2.95. The molecule has 2 N–H and O–H groups in total. The van der Waals surface area contributed by atoms with Crippen molar-refractivity contribution >= 4 is 43.0 Å². The highest BCUT2D eigenvalue weighted by molar-refractivity contribution is 7.92. The van der Waals surface area contributed by atoms with Crippen LogP contribution >= 0.6 is 0 Å². The summed E-state index contributed by atoms with van der Waals surface area (Å²) in [5.41, 5.74) is 1.68. The van der Waals surface area contributed by atoms with E-state index in [9.17, 15) is 26.0 Å². The number of rotatable bonds is 10. The third kappa shape index (κ3) is 6.87. The molecule has 220 valence electrons. The van der Waals surface area contributed by atoms with Gasteiger partial charge in [-0.2, -0.15) is 4.31 Å². The topological polar surface area (TPSA) is 125 Å². The lowest BCUT2D eigenvalue weighted by molar-refractivity contribution is 0.102. The van der Waals surface area contributed by atoms with Crippen LogP contribution in [0.4, 0.5) is 21.5 Å². The summed E-state index contributed by atoms with van der Waals surface area (Å²) >= 11 is 0. The number of halogens is 1. The van der Waals surface area contributed by atoms with Gasteiger partial charge in [-0.15, -0.1) is 0 Å². The van der Waals surface area contributed by atoms with E-state index in [2.05, 4.69) is 10.0 Å². The Morgan fingerprint density at radius 2 is 1.56 bits per heavy atom. The Labute approximate surface area is 240 Å². The second kappa shape index (κ2) is 12.6. The number of hydrogen-bond donors (Lipinski definition) is 2. The number of anilines is 3. The van der Waals surface area contributed by atoms with E-state index >= 15 is 0 Å². The van der Waals surface area contributed by atoms with Crippen LogP contribution in [-0.2, 0) is 24.8 Å². The molecule has 10 nitrogen and oxygen atoms in total. The first-order chi connectivity index (χ1) is 19.5. The Morgan fingerprint density at radius 3 is 2.20 bits per heavy atom. The van der Waals surface area contributed by atoms with Gasteiger partial charge in [0.15, 0.2) is 0 Å². The summed E-state index contributed by atoms with van der Waals surface area (Å²) < 4.78 is 75.0. The minimum atomic E-state index is -4.10. The quantitative estimate of drug-likeness (QED) is 0.358. The van der Waals surface area contributed by atoms with E-state index in [1.54, 1.807) is 26.8 Å². The number of morpholine rings is 1. The van der Waals surface area contributed by atoms with Gasteiger partial charge in [0.2, 0.25) is 10.0 Å². The minimum absolute atomic E-state index is 0.0325. The number of carbonyl (C=O) groups excluding carboxylic acids is 1. The number of ether oxygens (including phenoxy) is 1. The third-order valence-corrected chi connectivity index (χ3v) is 10.2. The zero-order chi connectivity index (χ0) is 29.8. The van der Waals surface area contributed by atoms with Crippen LogP contribution in [0.25, 0.3) is 0 Å². The first-order valence-corrected chi connectivity index (χ1v) is 16.1. The lowest BCUT2D eigenvalue weighted by Gasteiger charge is -2.31. The summed E-state index contributed by atoms with van der Waals surface area (Å²) in [6.07, 6.45) is 0. The molecule has 1 heterocycles. The van der Waals surface area contributed by atoms with Gasteiger partial charge < -0.3 is 15.0 Å². The van der Waals surface area contributed by atoms with Crippen molar-refractivity contribution in [3.63, 3.8) is 0 Å². The van der Waals surface area contributed by atoms with Crippen LogP contribution in [0.3, 0.4) is 0 Å². The molecule has 1 aliphatic heterocycles. The molecular weight excluding hydrogens is 571 g/mol. The van der Waals surface area contributed by atoms with Crippen molar-refractivity contribution in [3.8, 4) is 0 Å². The van der Waals surface area contributed by atoms with Crippen molar-refractivity contribution in [1.29, 1.82) is 0 Å². The van der Waals surface area contributed by atoms with Crippen LogP contribution in [0.2, 0.25) is 0 Å². The van der Waals surface area contributed by atoms with Gasteiger partial charge in [0.05, 0.1) is 34.4 Å². The number of amides is 1. The van der Waals surface area contributed by atoms with Crippen molar-refractivity contribution in [2.45, 2.75) is 30.6 Å². The van der Waals surface area contributed by atoms with Gasteiger partial charge in [-0.1, -0.05) is 19.9 Å². The van der Waals surface area contributed by atoms with E-state index in [4.69, 9.17) is 4.74 Å². The van der Waals surface area contributed by atoms with Crippen molar-refractivity contribution in [1.82, 2.24) is 4.31 Å². The smallest absolute Gasteiger partial charge is 0.261 e. The first-order valence-electron chi connectivity index (χ1n) is 13.1. The fourth-order valence-electron chi connectivity index (χ4n) is 4.50. The molecule has 13 heteroatoms. The van der Waals surface area contributed by atoms with Gasteiger partial charge in [0, 0.05) is 37.4 Å². The molecule has 0 unspecified atom stereocenters. The Bertz CT molecular complexity index is 1620. The van der Waals surface area contributed by atoms with Crippen molar-refractivity contribution < 1.29 is 30.8 Å². The monoisotopic (exact) mass is 604 g/mol. The Hall–Kier alpha value is -3.52. The number of benzene rings is 3. The van der Waals surface area contributed by atoms with Gasteiger partial charge in [-0.3, -0.25) is 9.52 Å². The molecule has 3 aromatic rings. The van der Waals surface area contributed by atoms with Gasteiger partial charge in [0.1, 0.15) is 5.82 Å². The summed E-state index contributed by atoms with van der Waals surface area (Å²) in [6, 6.07) is 13.6. The highest BCUT2D eigenvalue weighted by Crippen LogP contribution is 2.32. The van der Waals surface area contributed by atoms with Crippen LogP contribution in [0.5, 0.6) is 0 Å². The second-order valence-electron chi connectivity index (χ2n) is 9.41. The predicted octanol–water partition coefficient (Wildman–Crippen LogP) is 4.05. The molecule has 41 heavy (non-hydrogen) atoms. The van der Waals surface area contributed by atoms with Gasteiger partial charge in [0.25, 0.3) is 15.9 Å². The molecule has 0 spiro atoms. The number of carbonyl (C=O) groups is 1. The number of sulfonamides is 2. The summed E-state index contributed by atoms with van der Waals surface area (Å²) in [7, 11) is -7.91. The van der Waals surface area contributed by atoms with E-state index in [1.807, 2.05) is 4.90 Å². The maximum Gasteiger partial charge on any atom is 0.261 e. The highest BCUT2D eigenvalue weighted by Gasteiger charge is 2.26. The predicted molar refractivity (Wildman–Crippen MR) is 156 cm³/mol. The van der Waals surface area contributed by atoms with Crippen molar-refractivity contribution in [3.05, 3.63) is 77.6 Å². The van der Waals surface area contributed by atoms with Crippen LogP contribution in [0, 0.1) is 12.7 Å². The Balaban J connectivity index is 1.69. The fraction of sp³-hybridized carbons (Fsp3) is 0.321. The third-order valence-electron chi connectivity index (χ3n) is 6.77. The molecule has 0 atom stereocenters. The molecule has 1 aliphatic rings. The standard InChI is InChI=1S/C28H33FN4O6S2/c1-4-33(5-2)41(37,38)24-12-13-27(32-14-16-39-17-15-32)26(19-24)30-28(34)25-18-23(11-6-20(25)3)40(35,36)31-22-9-7-21(29)8-10-22/h6-13,18-19,31H,4-5,14-17H2,1-3H3,(H,30,34). The molecule has 0 aliphatic carbocycles. The summed E-state index contributed by atoms with van der Waals surface area (Å²) in [4.78, 5) is 15.4. The Kier molecular flexibility index (Phi) is 9.32. The molecule has 0 saturated carbocycles. The molecule has 1 amide bonds. The molecule has 4 rings (SSSR count). The van der Waals surface area contributed by atoms with E-state index in [0.717, 1.165) is 12.1 Å². The summed E-state index contributed by atoms with van der Waals surface area (Å²) in [5, 5.41) is 2.83. The second-order valence-corrected chi connectivity index (χ2v) is 13.0. The average molecular weight is 605 g/mol. The normalized spacial score (nSPS) is 14.2. The zero-order valence-corrected chi connectivity index (χ0v) is 24.7. The van der Waals surface area contributed by atoms with E-state index < -0.39 is 31.8 Å². The van der Waals surface area contributed by atoms with Crippen molar-refractivity contribution in [2.75, 3.05) is 54.3 Å². The molecule has 1 fully saturated rings. The largest absolute Gasteiger partial charge is 0.378 e. The molecule has 1 saturated heterocycles. The maximum absolute atomic E-state index is 13.6. The van der Waals surface area contributed by atoms with E-state index in [-0.39, 0.29) is 39.8 Å². The zero-order valence-electron chi connectivity index (χ0n) is 23.1. The summed E-state index contributed by atoms with van der Waals surface area (Å²) in [5.74, 6) is -1.11. The van der Waals surface area contributed by atoms with E-state index in [1.165, 1.54) is 46.8 Å². The van der Waals surface area contributed by atoms with Crippen LogP contribution < -0.4 is 14.9 Å². The number of aryl methyl sites for hydroxylation is 1. The SMILES string of the molecule is CCN(CC)S(=O)(=O)c1ccc(N2CCOCC2)c(NC(=O)c2cc(S(=O)(=O)Nc3ccc(F)cc3)ccc2C)c1. The number of hydrogen-bond acceptors (Lipinski definition) is 7. The van der Waals surface area contributed by atoms with Crippen LogP contribution in [0.15, 0.2) is 70.5 Å². The first kappa shape index (κ1) is 30.4. The van der Waals surface area contributed by atoms with Crippen molar-refractivity contribution in [2.24, 2.45) is 0 Å². The molecule has 0 radical (unpaired) electrons. The molecule has 0 aromatic heterocycles. The van der Waals surface area contributed by atoms with E-state index in [0.29, 0.717) is 37.6 Å². The molecule has 0 bridgehead atoms. The van der Waals surface area contributed by atoms with Gasteiger partial charge in [-0.05, 0) is 67.1 Å². The maximum atomic E-state index is 13.6. The Morgan fingerprint density at radius 1 is 0.927 bits per heavy atom. The van der Waals surface area contributed by atoms with Crippen LogP contribution in [-0.4, -0.2) is 66.4 Å². The number of nitrogens with one attached hydrogen (secondary N) is 2. The van der Waals surface area contributed by atoms with Crippen LogP contribution in [0.1, 0.15) is 29.8 Å². The van der Waals surface area contributed by atoms with Gasteiger partial charge in [-0.25, -0.2) is 21.2 Å². The molecular formula is C28H33FN4O6S2. The van der Waals surface area contributed by atoms with Gasteiger partial charge >= 0.3 is 0 Å². The lowest BCUT2D eigenvalue weighted by atomic mass is 10.1. The highest BCUT2D eigenvalue weighted by atomic mass is 32.2. The number of nitrogens with zero attached hydrogens (tertiary/aromatic N) is 2. The lowest BCUT2D eigenvalue weighted by Crippen LogP contribution is -2.37. The summed E-state index contributed by atoms with van der Waals surface area (Å²) in [6.45, 7) is 7.81. The minimum Gasteiger partial charge on any atom is -0.378 e. The fourth-order valence-corrected chi connectivity index (χ4v) is 7.07. The molecule has 3 aromatic carbocycles.